The number of benzene rings is 1. The average molecular weight is 508 g/mol. The van der Waals surface area contributed by atoms with Crippen LogP contribution in [0.1, 0.15) is 19.3 Å². The lowest BCUT2D eigenvalue weighted by molar-refractivity contribution is -0.137. The SMILES string of the molecule is O=C(O)CCCC(=O)N=C1S[C@H]2CS(=O)(=O)C[C@H]2N1c1ccccc1I. The summed E-state index contributed by atoms with van der Waals surface area (Å²) in [5.74, 6) is -1.20. The molecule has 1 N–H and O–H groups in total. The number of nitrogens with zero attached hydrogens (tertiary/aromatic N) is 2. The van der Waals surface area contributed by atoms with Gasteiger partial charge in [0.05, 0.1) is 23.2 Å². The number of hydrogen-bond acceptors (Lipinski definition) is 5. The van der Waals surface area contributed by atoms with Crippen LogP contribution in [-0.2, 0) is 19.4 Å². The van der Waals surface area contributed by atoms with E-state index in [0.29, 0.717) is 5.17 Å². The molecular weight excluding hydrogens is 491 g/mol. The Morgan fingerprint density at radius 3 is 2.69 bits per heavy atom. The summed E-state index contributed by atoms with van der Waals surface area (Å²) >= 11 is 3.50. The van der Waals surface area contributed by atoms with Crippen LogP contribution in [0.3, 0.4) is 0 Å². The Bertz CT molecular complexity index is 871. The maximum atomic E-state index is 12.1. The van der Waals surface area contributed by atoms with E-state index in [1.165, 1.54) is 11.8 Å². The molecule has 26 heavy (non-hydrogen) atoms. The molecule has 2 saturated heterocycles. The maximum Gasteiger partial charge on any atom is 0.303 e. The maximum absolute atomic E-state index is 12.1. The third kappa shape index (κ3) is 4.39. The number of sulfone groups is 1. The molecule has 0 saturated carbocycles. The lowest BCUT2D eigenvalue weighted by Gasteiger charge is -2.25. The number of carboxylic acids is 1. The van der Waals surface area contributed by atoms with E-state index in [1.807, 2.05) is 29.2 Å². The van der Waals surface area contributed by atoms with Crippen LogP contribution in [0.2, 0.25) is 0 Å². The fourth-order valence-corrected chi connectivity index (χ4v) is 7.62. The second kappa shape index (κ2) is 7.85. The molecule has 0 spiro atoms. The van der Waals surface area contributed by atoms with Crippen molar-refractivity contribution in [2.75, 3.05) is 16.4 Å². The van der Waals surface area contributed by atoms with Crippen molar-refractivity contribution in [3.8, 4) is 0 Å². The van der Waals surface area contributed by atoms with Gasteiger partial charge in [-0.3, -0.25) is 9.59 Å². The molecule has 2 atom stereocenters. The van der Waals surface area contributed by atoms with Crippen LogP contribution in [0.15, 0.2) is 29.3 Å². The van der Waals surface area contributed by atoms with Gasteiger partial charge in [0.2, 0.25) is 5.91 Å². The zero-order valence-electron chi connectivity index (χ0n) is 13.7. The third-order valence-electron chi connectivity index (χ3n) is 4.18. The molecule has 3 rings (SSSR count). The number of carbonyl (C=O) groups is 2. The predicted octanol–water partition coefficient (Wildman–Crippen LogP) is 2.15. The van der Waals surface area contributed by atoms with Crippen LogP contribution in [0, 0.1) is 3.57 Å². The van der Waals surface area contributed by atoms with Gasteiger partial charge in [-0.1, -0.05) is 23.9 Å². The van der Waals surface area contributed by atoms with Gasteiger partial charge < -0.3 is 10.0 Å². The highest BCUT2D eigenvalue weighted by Crippen LogP contribution is 2.42. The van der Waals surface area contributed by atoms with Gasteiger partial charge in [-0.05, 0) is 41.1 Å². The van der Waals surface area contributed by atoms with Crippen molar-refractivity contribution in [2.45, 2.75) is 30.6 Å². The number of rotatable bonds is 5. The first-order valence-electron chi connectivity index (χ1n) is 8.01. The van der Waals surface area contributed by atoms with Gasteiger partial charge in [-0.15, -0.1) is 0 Å². The molecule has 140 valence electrons. The van der Waals surface area contributed by atoms with Crippen LogP contribution >= 0.6 is 34.4 Å². The summed E-state index contributed by atoms with van der Waals surface area (Å²) in [4.78, 5) is 28.8. The van der Waals surface area contributed by atoms with Crippen LogP contribution in [0.4, 0.5) is 5.69 Å². The molecule has 1 aromatic carbocycles. The molecule has 1 aromatic rings. The Balaban J connectivity index is 1.87. The zero-order chi connectivity index (χ0) is 18.9. The first-order valence-corrected chi connectivity index (χ1v) is 11.8. The van der Waals surface area contributed by atoms with Crippen molar-refractivity contribution >= 4 is 66.9 Å². The number of amidine groups is 1. The molecule has 10 heteroatoms. The number of halogens is 1. The third-order valence-corrected chi connectivity index (χ3v) is 8.30. The summed E-state index contributed by atoms with van der Waals surface area (Å²) in [5, 5.41) is 9.02. The van der Waals surface area contributed by atoms with Crippen molar-refractivity contribution < 1.29 is 23.1 Å². The van der Waals surface area contributed by atoms with Gasteiger partial charge >= 0.3 is 5.97 Å². The lowest BCUT2D eigenvalue weighted by atomic mass is 10.2. The number of amides is 1. The van der Waals surface area contributed by atoms with E-state index in [0.717, 1.165) is 9.26 Å². The Hall–Kier alpha value is -1.14. The van der Waals surface area contributed by atoms with E-state index >= 15 is 0 Å². The minimum atomic E-state index is -3.11. The number of carboxylic acid groups (broad SMARTS) is 1. The second-order valence-electron chi connectivity index (χ2n) is 6.16. The van der Waals surface area contributed by atoms with E-state index in [4.69, 9.17) is 5.11 Å². The number of aliphatic imine (C=N–C) groups is 1. The zero-order valence-corrected chi connectivity index (χ0v) is 17.5. The van der Waals surface area contributed by atoms with E-state index in [-0.39, 0.29) is 48.0 Å². The topological polar surface area (TPSA) is 104 Å². The highest BCUT2D eigenvalue weighted by molar-refractivity contribution is 14.1. The largest absolute Gasteiger partial charge is 0.481 e. The van der Waals surface area contributed by atoms with Gasteiger partial charge in [0, 0.05) is 21.7 Å². The normalized spacial score (nSPS) is 25.4. The van der Waals surface area contributed by atoms with Crippen molar-refractivity contribution in [3.05, 3.63) is 27.8 Å². The lowest BCUT2D eigenvalue weighted by Crippen LogP contribution is -2.38. The highest BCUT2D eigenvalue weighted by Gasteiger charge is 2.49. The van der Waals surface area contributed by atoms with Gasteiger partial charge in [0.1, 0.15) is 0 Å². The minimum Gasteiger partial charge on any atom is -0.481 e. The van der Waals surface area contributed by atoms with Gasteiger partial charge in [-0.25, -0.2) is 8.42 Å². The van der Waals surface area contributed by atoms with Crippen molar-refractivity contribution in [1.82, 2.24) is 0 Å². The molecule has 0 aromatic heterocycles. The minimum absolute atomic E-state index is 0.0435. The second-order valence-corrected chi connectivity index (χ2v) is 10.7. The van der Waals surface area contributed by atoms with Gasteiger partial charge in [0.25, 0.3) is 0 Å². The first kappa shape index (κ1) is 19.6. The Kier molecular flexibility index (Phi) is 5.92. The molecule has 0 radical (unpaired) electrons. The molecule has 2 heterocycles. The van der Waals surface area contributed by atoms with Crippen LogP contribution < -0.4 is 4.90 Å². The van der Waals surface area contributed by atoms with Gasteiger partial charge in [0.15, 0.2) is 15.0 Å². The van der Waals surface area contributed by atoms with Gasteiger partial charge in [-0.2, -0.15) is 4.99 Å². The van der Waals surface area contributed by atoms with Crippen molar-refractivity contribution in [1.29, 1.82) is 0 Å². The number of para-hydroxylation sites is 1. The summed E-state index contributed by atoms with van der Waals surface area (Å²) < 4.78 is 25.0. The molecule has 0 aliphatic carbocycles. The molecule has 0 unspecified atom stereocenters. The Labute approximate surface area is 169 Å². The summed E-state index contributed by atoms with van der Waals surface area (Å²) in [6.07, 6.45) is 0.219. The highest BCUT2D eigenvalue weighted by atomic mass is 127. The Morgan fingerprint density at radius 1 is 1.27 bits per heavy atom. The number of fused-ring (bicyclic) bond motifs is 1. The first-order chi connectivity index (χ1) is 12.3. The summed E-state index contributed by atoms with van der Waals surface area (Å²) in [5.41, 5.74) is 0.835. The van der Waals surface area contributed by atoms with Crippen LogP contribution in [0.5, 0.6) is 0 Å². The monoisotopic (exact) mass is 508 g/mol. The molecule has 2 aliphatic rings. The van der Waals surface area contributed by atoms with E-state index in [1.54, 1.807) is 0 Å². The fourth-order valence-electron chi connectivity index (χ4n) is 3.05. The molecule has 1 amide bonds. The smallest absolute Gasteiger partial charge is 0.303 e. The number of carbonyl (C=O) groups excluding carboxylic acids is 1. The summed E-state index contributed by atoms with van der Waals surface area (Å²) in [6.45, 7) is 0. The fraction of sp³-hybridized carbons (Fsp3) is 0.438. The van der Waals surface area contributed by atoms with Crippen molar-refractivity contribution in [3.63, 3.8) is 0 Å². The van der Waals surface area contributed by atoms with E-state index in [2.05, 4.69) is 27.6 Å². The molecule has 2 fully saturated rings. The number of anilines is 1. The number of aliphatic carboxylic acids is 1. The molecule has 7 nitrogen and oxygen atoms in total. The quantitative estimate of drug-likeness (QED) is 0.608. The summed E-state index contributed by atoms with van der Waals surface area (Å²) in [7, 11) is -3.11. The standard InChI is InChI=1S/C16H17IN2O5S2/c17-10-4-1-2-5-11(10)19-12-8-26(23,24)9-13(12)25-16(19)18-14(20)6-3-7-15(21)22/h1-2,4-5,12-13H,3,6-9H2,(H,21,22)/t12-,13+/m1/s1. The van der Waals surface area contributed by atoms with Crippen molar-refractivity contribution in [2.24, 2.45) is 4.99 Å². The average Bonchev–Trinajstić information content (AvgIpc) is 2.98. The Morgan fingerprint density at radius 2 is 2.00 bits per heavy atom. The number of thioether (sulfide) groups is 1. The van der Waals surface area contributed by atoms with E-state index in [9.17, 15) is 18.0 Å². The van der Waals surface area contributed by atoms with E-state index < -0.39 is 15.8 Å². The van der Waals surface area contributed by atoms with Crippen LogP contribution in [-0.4, -0.2) is 53.4 Å². The summed E-state index contributed by atoms with van der Waals surface area (Å²) in [6, 6.07) is 7.33. The predicted molar refractivity (Wildman–Crippen MR) is 109 cm³/mol. The molecular formula is C16H17IN2O5S2. The molecule has 2 aliphatic heterocycles. The molecule has 0 bridgehead atoms. The number of hydrogen-bond donors (Lipinski definition) is 1. The van der Waals surface area contributed by atoms with Crippen LogP contribution in [0.25, 0.3) is 0 Å².